The van der Waals surface area contributed by atoms with Crippen LogP contribution in [0.25, 0.3) is 10.9 Å². The molecular formula is C30H39N7O. The molecule has 2 atom stereocenters. The number of hydrogen-bond donors (Lipinski definition) is 1. The predicted molar refractivity (Wildman–Crippen MR) is 154 cm³/mol. The fourth-order valence-electron chi connectivity index (χ4n) is 6.24. The molecule has 0 saturated carbocycles. The topological polar surface area (TPSA) is 82.5 Å². The molecule has 8 heteroatoms. The number of nitrogens with zero attached hydrogens (tertiary/aromatic N) is 6. The van der Waals surface area contributed by atoms with E-state index in [-0.39, 0.29) is 5.56 Å². The number of fused-ring (bicyclic) bond motifs is 2. The summed E-state index contributed by atoms with van der Waals surface area (Å²) < 4.78 is 0. The monoisotopic (exact) mass is 513 g/mol. The molecule has 2 saturated heterocycles. The van der Waals surface area contributed by atoms with E-state index in [1.807, 2.05) is 18.2 Å². The van der Waals surface area contributed by atoms with Crippen LogP contribution in [0.15, 0.2) is 41.2 Å². The molecule has 2 fully saturated rings. The first kappa shape index (κ1) is 26.2. The molecule has 200 valence electrons. The first-order valence-electron chi connectivity index (χ1n) is 13.9. The van der Waals surface area contributed by atoms with Crippen molar-refractivity contribution < 1.29 is 0 Å². The van der Waals surface area contributed by atoms with Crippen molar-refractivity contribution in [3.8, 4) is 6.07 Å². The van der Waals surface area contributed by atoms with E-state index in [1.165, 1.54) is 5.56 Å². The Labute approximate surface area is 225 Å². The second kappa shape index (κ2) is 11.1. The smallest absolute Gasteiger partial charge is 0.248 e. The molecule has 0 amide bonds. The summed E-state index contributed by atoms with van der Waals surface area (Å²) in [6.07, 6.45) is 1.12. The van der Waals surface area contributed by atoms with Crippen LogP contribution in [0.2, 0.25) is 0 Å². The van der Waals surface area contributed by atoms with Crippen molar-refractivity contribution >= 4 is 22.4 Å². The second-order valence-electron chi connectivity index (χ2n) is 10.7. The van der Waals surface area contributed by atoms with Gasteiger partial charge >= 0.3 is 0 Å². The number of aromatic nitrogens is 2. The largest absolute Gasteiger partial charge is 0.368 e. The standard InChI is InChI=1S/C30H39N7O/c1-5-13-35(6-2)28-11-8-24(22(4)32-28)18-34-14-15-37-21(3)17-36(20-25(37)19-34)27-10-7-23(16-31)30-26(27)9-12-29(38)33-30/h7-12,21,25H,5-6,13-15,17-20H2,1-4H3,(H,33,38). The van der Waals surface area contributed by atoms with Gasteiger partial charge in [-0.3, -0.25) is 14.6 Å². The van der Waals surface area contributed by atoms with Crippen LogP contribution in [-0.2, 0) is 6.54 Å². The summed E-state index contributed by atoms with van der Waals surface area (Å²) in [4.78, 5) is 29.8. The van der Waals surface area contributed by atoms with Gasteiger partial charge in [0.2, 0.25) is 5.56 Å². The van der Waals surface area contributed by atoms with Crippen molar-refractivity contribution in [2.45, 2.75) is 52.7 Å². The van der Waals surface area contributed by atoms with Gasteiger partial charge in [-0.25, -0.2) is 4.98 Å². The molecule has 2 unspecified atom stereocenters. The summed E-state index contributed by atoms with van der Waals surface area (Å²) in [6, 6.07) is 14.8. The summed E-state index contributed by atoms with van der Waals surface area (Å²) in [6.45, 7) is 16.7. The molecular weight excluding hydrogens is 474 g/mol. The maximum absolute atomic E-state index is 12.0. The lowest BCUT2D eigenvalue weighted by Gasteiger charge is -2.51. The molecule has 38 heavy (non-hydrogen) atoms. The molecule has 8 nitrogen and oxygen atoms in total. The van der Waals surface area contributed by atoms with E-state index in [9.17, 15) is 10.1 Å². The Kier molecular flexibility index (Phi) is 7.68. The second-order valence-corrected chi connectivity index (χ2v) is 10.7. The molecule has 2 aliphatic heterocycles. The summed E-state index contributed by atoms with van der Waals surface area (Å²) in [5.41, 5.74) is 4.46. The van der Waals surface area contributed by atoms with E-state index in [4.69, 9.17) is 4.98 Å². The van der Waals surface area contributed by atoms with Gasteiger partial charge in [-0.15, -0.1) is 0 Å². The highest BCUT2D eigenvalue weighted by atomic mass is 16.1. The van der Waals surface area contributed by atoms with Gasteiger partial charge in [0.1, 0.15) is 11.9 Å². The van der Waals surface area contributed by atoms with Crippen LogP contribution in [-0.4, -0.2) is 77.7 Å². The fourth-order valence-corrected chi connectivity index (χ4v) is 6.24. The summed E-state index contributed by atoms with van der Waals surface area (Å²) in [5, 5.41) is 10.5. The molecule has 0 bridgehead atoms. The minimum absolute atomic E-state index is 0.183. The van der Waals surface area contributed by atoms with Crippen molar-refractivity contribution in [1.29, 1.82) is 5.26 Å². The van der Waals surface area contributed by atoms with Crippen molar-refractivity contribution in [1.82, 2.24) is 19.8 Å². The van der Waals surface area contributed by atoms with Gasteiger partial charge in [0.05, 0.1) is 11.1 Å². The number of nitriles is 1. The molecule has 0 radical (unpaired) electrons. The third kappa shape index (κ3) is 5.13. The van der Waals surface area contributed by atoms with Gasteiger partial charge in [0, 0.05) is 87.3 Å². The van der Waals surface area contributed by atoms with Gasteiger partial charge in [0.15, 0.2) is 0 Å². The van der Waals surface area contributed by atoms with Crippen LogP contribution in [0.4, 0.5) is 11.5 Å². The van der Waals surface area contributed by atoms with Crippen molar-refractivity contribution in [2.75, 3.05) is 55.6 Å². The lowest BCUT2D eigenvalue weighted by Crippen LogP contribution is -2.65. The van der Waals surface area contributed by atoms with Crippen LogP contribution in [0.1, 0.15) is 44.0 Å². The first-order valence-corrected chi connectivity index (χ1v) is 13.9. The number of piperazine rings is 2. The Morgan fingerprint density at radius 2 is 1.95 bits per heavy atom. The zero-order valence-electron chi connectivity index (χ0n) is 23.1. The fraction of sp³-hybridized carbons (Fsp3) is 0.500. The first-order chi connectivity index (χ1) is 18.4. The number of rotatable bonds is 7. The molecule has 0 aliphatic carbocycles. The SMILES string of the molecule is CCCN(CC)c1ccc(CN2CCN3C(C)CN(c4ccc(C#N)c5[nH]c(=O)ccc45)CC3C2)c(C)n1. The highest BCUT2D eigenvalue weighted by Gasteiger charge is 2.36. The highest BCUT2D eigenvalue weighted by molar-refractivity contribution is 5.95. The number of benzene rings is 1. The zero-order valence-corrected chi connectivity index (χ0v) is 23.1. The van der Waals surface area contributed by atoms with E-state index < -0.39 is 0 Å². The Hall–Kier alpha value is -3.41. The molecule has 2 aliphatic rings. The summed E-state index contributed by atoms with van der Waals surface area (Å²) >= 11 is 0. The van der Waals surface area contributed by atoms with Gasteiger partial charge in [-0.1, -0.05) is 13.0 Å². The van der Waals surface area contributed by atoms with E-state index in [0.717, 1.165) is 81.4 Å². The van der Waals surface area contributed by atoms with Crippen molar-refractivity contribution in [3.05, 3.63) is 63.6 Å². The van der Waals surface area contributed by atoms with Crippen LogP contribution >= 0.6 is 0 Å². The third-order valence-electron chi connectivity index (χ3n) is 8.20. The van der Waals surface area contributed by atoms with Gasteiger partial charge in [-0.05, 0) is 57.0 Å². The molecule has 0 spiro atoms. The summed E-state index contributed by atoms with van der Waals surface area (Å²) in [5.74, 6) is 1.08. The lowest BCUT2D eigenvalue weighted by atomic mass is 10.0. The van der Waals surface area contributed by atoms with Gasteiger partial charge in [-0.2, -0.15) is 5.26 Å². The number of aryl methyl sites for hydroxylation is 1. The Morgan fingerprint density at radius 1 is 1.11 bits per heavy atom. The number of anilines is 2. The number of hydrogen-bond acceptors (Lipinski definition) is 7. The van der Waals surface area contributed by atoms with E-state index in [0.29, 0.717) is 23.2 Å². The molecule has 2 aromatic heterocycles. The number of nitrogens with one attached hydrogen (secondary N) is 1. The highest BCUT2D eigenvalue weighted by Crippen LogP contribution is 2.32. The van der Waals surface area contributed by atoms with Gasteiger partial charge < -0.3 is 14.8 Å². The minimum Gasteiger partial charge on any atom is -0.368 e. The Bertz CT molecular complexity index is 1390. The minimum atomic E-state index is -0.183. The van der Waals surface area contributed by atoms with Crippen molar-refractivity contribution in [2.24, 2.45) is 0 Å². The van der Waals surface area contributed by atoms with E-state index in [1.54, 1.807) is 6.07 Å². The maximum atomic E-state index is 12.0. The normalized spacial score (nSPS) is 20.3. The average Bonchev–Trinajstić information content (AvgIpc) is 2.92. The van der Waals surface area contributed by atoms with Crippen LogP contribution in [0, 0.1) is 18.3 Å². The number of pyridine rings is 2. The van der Waals surface area contributed by atoms with E-state index in [2.05, 4.69) is 70.5 Å². The number of H-pyrrole nitrogens is 1. The summed E-state index contributed by atoms with van der Waals surface area (Å²) in [7, 11) is 0. The maximum Gasteiger partial charge on any atom is 0.248 e. The molecule has 1 N–H and O–H groups in total. The lowest BCUT2D eigenvalue weighted by molar-refractivity contribution is 0.0316. The Morgan fingerprint density at radius 3 is 2.68 bits per heavy atom. The zero-order chi connectivity index (χ0) is 26.8. The predicted octanol–water partition coefficient (Wildman–Crippen LogP) is 3.73. The van der Waals surface area contributed by atoms with Crippen LogP contribution < -0.4 is 15.4 Å². The Balaban J connectivity index is 1.33. The third-order valence-corrected chi connectivity index (χ3v) is 8.20. The van der Waals surface area contributed by atoms with Crippen LogP contribution in [0.5, 0.6) is 0 Å². The quantitative estimate of drug-likeness (QED) is 0.515. The van der Waals surface area contributed by atoms with Crippen LogP contribution in [0.3, 0.4) is 0 Å². The van der Waals surface area contributed by atoms with E-state index >= 15 is 0 Å². The molecule has 4 heterocycles. The number of aromatic amines is 1. The molecule has 5 rings (SSSR count). The average molecular weight is 514 g/mol. The van der Waals surface area contributed by atoms with Gasteiger partial charge in [0.25, 0.3) is 0 Å². The molecule has 1 aromatic carbocycles. The molecule has 3 aromatic rings. The van der Waals surface area contributed by atoms with Crippen molar-refractivity contribution in [3.63, 3.8) is 0 Å².